The Balaban J connectivity index is 2.70. The summed E-state index contributed by atoms with van der Waals surface area (Å²) in [4.78, 5) is 18.5. The third-order valence-corrected chi connectivity index (χ3v) is 2.95. The van der Waals surface area contributed by atoms with Gasteiger partial charge in [0.2, 0.25) is 11.8 Å². The maximum absolute atomic E-state index is 11.9. The fraction of sp³-hybridized carbons (Fsp3) is 0.417. The second-order valence-corrected chi connectivity index (χ2v) is 4.16. The highest BCUT2D eigenvalue weighted by molar-refractivity contribution is 5.65. The van der Waals surface area contributed by atoms with Crippen LogP contribution in [0.4, 0.5) is 0 Å². The van der Waals surface area contributed by atoms with Crippen molar-refractivity contribution in [2.24, 2.45) is 7.05 Å². The maximum Gasteiger partial charge on any atom is 0.258 e. The first kappa shape index (κ1) is 13.1. The van der Waals surface area contributed by atoms with Gasteiger partial charge in [0.25, 0.3) is 5.56 Å². The van der Waals surface area contributed by atoms with Crippen LogP contribution in [0.2, 0.25) is 0 Å². The van der Waals surface area contributed by atoms with E-state index in [9.17, 15) is 9.90 Å². The second-order valence-electron chi connectivity index (χ2n) is 4.16. The Morgan fingerprint density at radius 1 is 1.47 bits per heavy atom. The lowest BCUT2D eigenvalue weighted by Gasteiger charge is -2.06. The van der Waals surface area contributed by atoms with Crippen molar-refractivity contribution < 1.29 is 9.84 Å². The molecule has 0 saturated carbocycles. The predicted molar refractivity (Wildman–Crippen MR) is 69.4 cm³/mol. The number of hydrogen-bond donors (Lipinski definition) is 2. The molecule has 0 amide bonds. The van der Waals surface area contributed by atoms with Gasteiger partial charge in [-0.1, -0.05) is 6.92 Å². The Kier molecular flexibility index (Phi) is 3.28. The van der Waals surface area contributed by atoms with Gasteiger partial charge in [0.1, 0.15) is 5.56 Å². The van der Waals surface area contributed by atoms with Crippen molar-refractivity contribution in [2.75, 3.05) is 7.11 Å². The van der Waals surface area contributed by atoms with Gasteiger partial charge in [-0.2, -0.15) is 10.1 Å². The molecule has 0 spiro atoms. The minimum atomic E-state index is -0.352. The molecular formula is C12H16N4O3. The number of H-pyrrole nitrogens is 1. The summed E-state index contributed by atoms with van der Waals surface area (Å²) in [5.74, 6) is 0.470. The third kappa shape index (κ3) is 2.07. The standard InChI is InChI=1S/C12H16N4O3/c1-5-7-10(17)13-9(14-11(7)18)8-6(2)15-16(3)12(8)19-4/h5H2,1-4H3,(H2,13,14,17,18). The number of nitrogens with zero attached hydrogens (tertiary/aromatic N) is 3. The van der Waals surface area contributed by atoms with Crippen molar-refractivity contribution in [1.82, 2.24) is 19.7 Å². The van der Waals surface area contributed by atoms with Crippen LogP contribution in [0.5, 0.6) is 11.8 Å². The lowest BCUT2D eigenvalue weighted by atomic mass is 10.2. The largest absolute Gasteiger partial charge is 0.493 e. The quantitative estimate of drug-likeness (QED) is 0.853. The number of aromatic nitrogens is 4. The van der Waals surface area contributed by atoms with Crippen LogP contribution < -0.4 is 10.3 Å². The highest BCUT2D eigenvalue weighted by Crippen LogP contribution is 2.30. The molecular weight excluding hydrogens is 248 g/mol. The van der Waals surface area contributed by atoms with E-state index < -0.39 is 0 Å². The predicted octanol–water partition coefficient (Wildman–Crippen LogP) is 0.755. The minimum Gasteiger partial charge on any atom is -0.493 e. The average Bonchev–Trinajstić information content (AvgIpc) is 2.62. The summed E-state index contributed by atoms with van der Waals surface area (Å²) >= 11 is 0. The molecule has 0 saturated heterocycles. The molecule has 0 bridgehead atoms. The fourth-order valence-electron chi connectivity index (χ4n) is 2.07. The molecule has 7 nitrogen and oxygen atoms in total. The summed E-state index contributed by atoms with van der Waals surface area (Å²) < 4.78 is 6.80. The summed E-state index contributed by atoms with van der Waals surface area (Å²) in [6.45, 7) is 3.56. The first-order valence-corrected chi connectivity index (χ1v) is 5.89. The Bertz CT molecular complexity index is 672. The Morgan fingerprint density at radius 2 is 2.16 bits per heavy atom. The van der Waals surface area contributed by atoms with Gasteiger partial charge in [-0.25, -0.2) is 4.68 Å². The number of rotatable bonds is 3. The number of hydrogen-bond acceptors (Lipinski definition) is 5. The Morgan fingerprint density at radius 3 is 2.68 bits per heavy atom. The van der Waals surface area contributed by atoms with Crippen LogP contribution in [-0.2, 0) is 13.5 Å². The van der Waals surface area contributed by atoms with Crippen LogP contribution >= 0.6 is 0 Å². The van der Waals surface area contributed by atoms with E-state index in [1.165, 1.54) is 7.11 Å². The van der Waals surface area contributed by atoms with Gasteiger partial charge >= 0.3 is 0 Å². The van der Waals surface area contributed by atoms with E-state index in [1.54, 1.807) is 25.6 Å². The molecule has 0 unspecified atom stereocenters. The van der Waals surface area contributed by atoms with Crippen LogP contribution in [0.15, 0.2) is 4.79 Å². The molecule has 19 heavy (non-hydrogen) atoms. The summed E-state index contributed by atoms with van der Waals surface area (Å²) in [7, 11) is 3.24. The third-order valence-electron chi connectivity index (χ3n) is 2.95. The molecule has 102 valence electrons. The Hall–Kier alpha value is -2.31. The zero-order valence-corrected chi connectivity index (χ0v) is 11.3. The molecule has 2 N–H and O–H groups in total. The van der Waals surface area contributed by atoms with E-state index >= 15 is 0 Å². The normalized spacial score (nSPS) is 10.7. The first-order valence-electron chi connectivity index (χ1n) is 5.89. The number of aryl methyl sites for hydroxylation is 2. The summed E-state index contributed by atoms with van der Waals surface area (Å²) in [6.07, 6.45) is 0.414. The molecule has 2 heterocycles. The summed E-state index contributed by atoms with van der Waals surface area (Å²) in [5, 5.41) is 14.0. The highest BCUT2D eigenvalue weighted by atomic mass is 16.5. The molecule has 7 heteroatoms. The summed E-state index contributed by atoms with van der Waals surface area (Å²) in [6, 6.07) is 0. The van der Waals surface area contributed by atoms with Gasteiger partial charge in [0.05, 0.1) is 18.4 Å². The number of aromatic amines is 1. The highest BCUT2D eigenvalue weighted by Gasteiger charge is 2.20. The van der Waals surface area contributed by atoms with Crippen molar-refractivity contribution in [3.63, 3.8) is 0 Å². The van der Waals surface area contributed by atoms with Crippen LogP contribution in [0.3, 0.4) is 0 Å². The number of methoxy groups -OCH3 is 1. The smallest absolute Gasteiger partial charge is 0.258 e. The lowest BCUT2D eigenvalue weighted by molar-refractivity contribution is 0.374. The Labute approximate surface area is 109 Å². The van der Waals surface area contributed by atoms with Crippen LogP contribution in [0.1, 0.15) is 18.2 Å². The van der Waals surface area contributed by atoms with Gasteiger partial charge in [-0.15, -0.1) is 0 Å². The molecule has 0 aromatic carbocycles. The SMILES string of the molecule is CCc1c(O)nc(-c2c(C)nn(C)c2OC)[nH]c1=O. The number of ether oxygens (including phenoxy) is 1. The van der Waals surface area contributed by atoms with E-state index in [0.717, 1.165) is 0 Å². The number of nitrogens with one attached hydrogen (secondary N) is 1. The van der Waals surface area contributed by atoms with Gasteiger partial charge in [-0.3, -0.25) is 4.79 Å². The first-order chi connectivity index (χ1) is 8.99. The molecule has 0 radical (unpaired) electrons. The molecule has 2 aromatic rings. The molecule has 2 aromatic heterocycles. The van der Waals surface area contributed by atoms with Gasteiger partial charge in [0, 0.05) is 7.05 Å². The number of aromatic hydroxyl groups is 1. The van der Waals surface area contributed by atoms with E-state index in [4.69, 9.17) is 4.74 Å². The van der Waals surface area contributed by atoms with Crippen molar-refractivity contribution in [1.29, 1.82) is 0 Å². The van der Waals surface area contributed by atoms with Crippen molar-refractivity contribution >= 4 is 0 Å². The topological polar surface area (TPSA) is 93.0 Å². The van der Waals surface area contributed by atoms with Crippen LogP contribution in [-0.4, -0.2) is 32.0 Å². The van der Waals surface area contributed by atoms with Gasteiger partial charge in [0.15, 0.2) is 5.82 Å². The molecule has 0 atom stereocenters. The molecule has 0 aliphatic heterocycles. The van der Waals surface area contributed by atoms with Crippen molar-refractivity contribution in [2.45, 2.75) is 20.3 Å². The van der Waals surface area contributed by atoms with Gasteiger partial charge < -0.3 is 14.8 Å². The molecule has 0 aliphatic rings. The van der Waals surface area contributed by atoms with E-state index in [-0.39, 0.29) is 22.8 Å². The maximum atomic E-state index is 11.9. The van der Waals surface area contributed by atoms with Gasteiger partial charge in [-0.05, 0) is 13.3 Å². The average molecular weight is 264 g/mol. The van der Waals surface area contributed by atoms with E-state index in [1.807, 2.05) is 0 Å². The van der Waals surface area contributed by atoms with Crippen molar-refractivity contribution in [3.05, 3.63) is 21.6 Å². The lowest BCUT2D eigenvalue weighted by Crippen LogP contribution is -2.14. The molecule has 2 rings (SSSR count). The van der Waals surface area contributed by atoms with Crippen LogP contribution in [0.25, 0.3) is 11.4 Å². The summed E-state index contributed by atoms with van der Waals surface area (Å²) in [5.41, 5.74) is 1.14. The fourth-order valence-corrected chi connectivity index (χ4v) is 2.07. The zero-order chi connectivity index (χ0) is 14.2. The second kappa shape index (κ2) is 4.75. The minimum absolute atomic E-state index is 0.252. The van der Waals surface area contributed by atoms with E-state index in [0.29, 0.717) is 23.6 Å². The zero-order valence-electron chi connectivity index (χ0n) is 11.3. The van der Waals surface area contributed by atoms with E-state index in [2.05, 4.69) is 15.1 Å². The monoisotopic (exact) mass is 264 g/mol. The molecule has 0 aliphatic carbocycles. The van der Waals surface area contributed by atoms with Crippen molar-refractivity contribution in [3.8, 4) is 23.1 Å². The molecule has 0 fully saturated rings. The van der Waals surface area contributed by atoms with Crippen LogP contribution in [0, 0.1) is 6.92 Å².